The van der Waals surface area contributed by atoms with E-state index in [0.29, 0.717) is 52.9 Å². The van der Waals surface area contributed by atoms with Crippen molar-refractivity contribution in [1.82, 2.24) is 14.9 Å². The molecule has 0 radical (unpaired) electrons. The zero-order valence-corrected chi connectivity index (χ0v) is 22.5. The monoisotopic (exact) mass is 523 g/mol. The molecule has 2 N–H and O–H groups in total. The van der Waals surface area contributed by atoms with Gasteiger partial charge >= 0.3 is 0 Å². The molecule has 2 aliphatic rings. The number of aliphatic hydroxyl groups is 1. The molecule has 1 aromatic carbocycles. The van der Waals surface area contributed by atoms with Crippen molar-refractivity contribution in [2.45, 2.75) is 72.1 Å². The molecule has 9 heteroatoms. The van der Waals surface area contributed by atoms with Crippen LogP contribution in [0.15, 0.2) is 16.9 Å². The third kappa shape index (κ3) is 4.33. The summed E-state index contributed by atoms with van der Waals surface area (Å²) < 4.78 is 21.8. The summed E-state index contributed by atoms with van der Waals surface area (Å²) in [5, 5.41) is 13.0. The van der Waals surface area contributed by atoms with Gasteiger partial charge in [0, 0.05) is 35.6 Å². The second kappa shape index (κ2) is 11.1. The summed E-state index contributed by atoms with van der Waals surface area (Å²) in [4.78, 5) is 42.5. The highest BCUT2D eigenvalue weighted by Gasteiger charge is 2.35. The summed E-state index contributed by atoms with van der Waals surface area (Å²) in [6, 6.07) is 2.81. The zero-order chi connectivity index (χ0) is 27.7. The highest BCUT2D eigenvalue weighted by Crippen LogP contribution is 2.45. The predicted octanol–water partition coefficient (Wildman–Crippen LogP) is 3.83. The van der Waals surface area contributed by atoms with Gasteiger partial charge in [-0.2, -0.15) is 0 Å². The quantitative estimate of drug-likeness (QED) is 0.356. The molecule has 3 aromatic rings. The Balaban J connectivity index is 0.00000164. The molecule has 0 bridgehead atoms. The van der Waals surface area contributed by atoms with E-state index in [1.807, 2.05) is 26.8 Å². The number of methoxy groups -OCH3 is 1. The Kier molecular flexibility index (Phi) is 8.08. The first-order valence-electron chi connectivity index (χ1n) is 13.1. The summed E-state index contributed by atoms with van der Waals surface area (Å²) in [5.41, 5.74) is 5.32. The van der Waals surface area contributed by atoms with E-state index in [1.54, 1.807) is 11.5 Å². The summed E-state index contributed by atoms with van der Waals surface area (Å²) in [6.07, 6.45) is 2.44. The Morgan fingerprint density at radius 3 is 2.71 bits per heavy atom. The minimum absolute atomic E-state index is 0.0706. The number of aromatic nitrogens is 2. The number of amides is 1. The maximum Gasteiger partial charge on any atom is 0.257 e. The third-order valence-corrected chi connectivity index (χ3v) is 7.54. The lowest BCUT2D eigenvalue weighted by Crippen LogP contribution is -2.33. The number of carbonyl (C=O) groups is 2. The Morgan fingerprint density at radius 1 is 1.34 bits per heavy atom. The van der Waals surface area contributed by atoms with Crippen LogP contribution in [0, 0.1) is 12.7 Å². The van der Waals surface area contributed by atoms with Gasteiger partial charge in [-0.15, -0.1) is 0 Å². The van der Waals surface area contributed by atoms with Gasteiger partial charge in [0.15, 0.2) is 0 Å². The molecule has 2 unspecified atom stereocenters. The lowest BCUT2D eigenvalue weighted by atomic mass is 9.81. The summed E-state index contributed by atoms with van der Waals surface area (Å²) in [6.45, 7) is 7.28. The molecule has 0 spiro atoms. The van der Waals surface area contributed by atoms with Crippen LogP contribution in [0.4, 0.5) is 4.39 Å². The van der Waals surface area contributed by atoms with Gasteiger partial charge in [-0.1, -0.05) is 20.8 Å². The van der Waals surface area contributed by atoms with Gasteiger partial charge in [0.25, 0.3) is 5.56 Å². The first kappa shape index (κ1) is 27.6. The molecule has 0 fully saturated rings. The van der Waals surface area contributed by atoms with Crippen LogP contribution in [-0.2, 0) is 33.9 Å². The lowest BCUT2D eigenvalue weighted by molar-refractivity contribution is -0.124. The molecule has 0 saturated heterocycles. The molecule has 1 aliphatic heterocycles. The van der Waals surface area contributed by atoms with Crippen LogP contribution in [0.5, 0.6) is 0 Å². The van der Waals surface area contributed by atoms with E-state index in [4.69, 9.17) is 9.72 Å². The van der Waals surface area contributed by atoms with Gasteiger partial charge in [0.05, 0.1) is 36.1 Å². The van der Waals surface area contributed by atoms with Crippen molar-refractivity contribution in [2.75, 3.05) is 13.7 Å². The van der Waals surface area contributed by atoms with Crippen LogP contribution < -0.4 is 10.9 Å². The van der Waals surface area contributed by atoms with Crippen LogP contribution in [0.3, 0.4) is 0 Å². The Bertz CT molecular complexity index is 1480. The zero-order valence-electron chi connectivity index (χ0n) is 22.5. The number of aldehydes is 1. The number of aliphatic hydroxyl groups excluding tert-OH is 1. The third-order valence-electron chi connectivity index (χ3n) is 7.54. The molecule has 8 nitrogen and oxygen atoms in total. The summed E-state index contributed by atoms with van der Waals surface area (Å²) in [5.74, 6) is -1.33. The number of ether oxygens (including phenoxy) is 1. The Hall–Kier alpha value is -3.43. The Morgan fingerprint density at radius 2 is 2.08 bits per heavy atom. The topological polar surface area (TPSA) is 111 Å². The Labute approximate surface area is 220 Å². The van der Waals surface area contributed by atoms with Crippen LogP contribution in [0.1, 0.15) is 79.0 Å². The molecule has 2 aromatic heterocycles. The second-order valence-electron chi connectivity index (χ2n) is 9.46. The maximum absolute atomic E-state index is 14.9. The number of pyridine rings is 2. The average molecular weight is 524 g/mol. The van der Waals surface area contributed by atoms with Crippen molar-refractivity contribution < 1.29 is 23.8 Å². The van der Waals surface area contributed by atoms with Gasteiger partial charge in [0.1, 0.15) is 18.7 Å². The number of fused-ring (bicyclic) bond motifs is 4. The molecule has 1 aliphatic carbocycles. The number of benzene rings is 1. The van der Waals surface area contributed by atoms with E-state index < -0.39 is 24.5 Å². The van der Waals surface area contributed by atoms with Gasteiger partial charge in [-0.3, -0.25) is 9.59 Å². The first-order valence-corrected chi connectivity index (χ1v) is 13.1. The fourth-order valence-electron chi connectivity index (χ4n) is 5.76. The van der Waals surface area contributed by atoms with Crippen molar-refractivity contribution in [1.29, 1.82) is 0 Å². The van der Waals surface area contributed by atoms with Gasteiger partial charge in [0.2, 0.25) is 5.91 Å². The van der Waals surface area contributed by atoms with Gasteiger partial charge < -0.3 is 24.5 Å². The van der Waals surface area contributed by atoms with Gasteiger partial charge in [-0.25, -0.2) is 9.37 Å². The van der Waals surface area contributed by atoms with E-state index in [2.05, 4.69) is 5.32 Å². The standard InChI is InChI=1S/C27H28FN3O5.C2H6/c1-4-14(10-32)16-7-22-26-17(9-31(22)27(35)18(16)12-36-3)25-20(29-23(34)11-33)6-5-15-13(2)19(28)8-21(30-26)24(15)25;1-2/h7-8,10,14,20,33H,4-6,9,11-12H2,1-3H3,(H,29,34);1-2H3. The van der Waals surface area contributed by atoms with Crippen LogP contribution >= 0.6 is 0 Å². The smallest absolute Gasteiger partial charge is 0.257 e. The highest BCUT2D eigenvalue weighted by atomic mass is 19.1. The predicted molar refractivity (Wildman–Crippen MR) is 143 cm³/mol. The number of nitrogens with one attached hydrogen (secondary N) is 1. The number of rotatable bonds is 7. The molecule has 3 heterocycles. The molecular weight excluding hydrogens is 489 g/mol. The number of hydrogen-bond acceptors (Lipinski definition) is 6. The molecule has 1 amide bonds. The minimum Gasteiger partial charge on any atom is -0.387 e. The van der Waals surface area contributed by atoms with Crippen molar-refractivity contribution in [3.05, 3.63) is 61.7 Å². The van der Waals surface area contributed by atoms with Crippen LogP contribution in [0.25, 0.3) is 22.3 Å². The van der Waals surface area contributed by atoms with Crippen LogP contribution in [0.2, 0.25) is 0 Å². The van der Waals surface area contributed by atoms with Crippen molar-refractivity contribution in [3.8, 4) is 11.4 Å². The number of aryl methyl sites for hydroxylation is 1. The fourth-order valence-corrected chi connectivity index (χ4v) is 5.76. The summed E-state index contributed by atoms with van der Waals surface area (Å²) in [7, 11) is 1.50. The van der Waals surface area contributed by atoms with E-state index in [-0.39, 0.29) is 24.5 Å². The SMILES string of the molecule is CC.CCC(C=O)c1cc2n(c(=O)c1COC)Cc1c-2nc2cc(F)c(C)c3c2c1C(NC(=O)CO)CC3. The summed E-state index contributed by atoms with van der Waals surface area (Å²) >= 11 is 0. The molecule has 0 saturated carbocycles. The largest absolute Gasteiger partial charge is 0.387 e. The van der Waals surface area contributed by atoms with Crippen molar-refractivity contribution >= 4 is 23.1 Å². The molecular formula is C29H34FN3O5. The lowest BCUT2D eigenvalue weighted by Gasteiger charge is -2.29. The fraction of sp³-hybridized carbons (Fsp3) is 0.448. The normalized spacial score (nSPS) is 15.8. The van der Waals surface area contributed by atoms with E-state index in [9.17, 15) is 23.9 Å². The molecule has 38 heavy (non-hydrogen) atoms. The number of nitrogens with zero attached hydrogens (tertiary/aromatic N) is 2. The minimum atomic E-state index is -0.643. The van der Waals surface area contributed by atoms with Gasteiger partial charge in [-0.05, 0) is 54.5 Å². The van der Waals surface area contributed by atoms with Crippen LogP contribution in [-0.4, -0.2) is 40.6 Å². The number of halogens is 1. The van der Waals surface area contributed by atoms with E-state index in [1.165, 1.54) is 13.2 Å². The van der Waals surface area contributed by atoms with E-state index in [0.717, 1.165) is 28.4 Å². The molecule has 5 rings (SSSR count). The van der Waals surface area contributed by atoms with Crippen molar-refractivity contribution in [3.63, 3.8) is 0 Å². The number of hydrogen-bond donors (Lipinski definition) is 2. The molecule has 2 atom stereocenters. The van der Waals surface area contributed by atoms with Crippen molar-refractivity contribution in [2.24, 2.45) is 0 Å². The second-order valence-corrected chi connectivity index (χ2v) is 9.46. The number of carbonyl (C=O) groups excluding carboxylic acids is 2. The average Bonchev–Trinajstić information content (AvgIpc) is 3.30. The maximum atomic E-state index is 14.9. The first-order chi connectivity index (χ1) is 18.3. The highest BCUT2D eigenvalue weighted by molar-refractivity contribution is 5.93. The molecule has 202 valence electrons. The van der Waals surface area contributed by atoms with E-state index >= 15 is 0 Å².